The predicted octanol–water partition coefficient (Wildman–Crippen LogP) is 10.2. The van der Waals surface area contributed by atoms with Crippen LogP contribution in [0, 0.1) is 0 Å². The molecule has 0 spiro atoms. The number of benzene rings is 6. The minimum Gasteiger partial charge on any atom is -0.354 e. The lowest BCUT2D eigenvalue weighted by Crippen LogP contribution is -1.96. The van der Waals surface area contributed by atoms with Gasteiger partial charge in [-0.05, 0) is 33.9 Å². The molecule has 0 aliphatic heterocycles. The van der Waals surface area contributed by atoms with Crippen molar-refractivity contribution >= 4 is 21.8 Å². The highest BCUT2D eigenvalue weighted by Crippen LogP contribution is 2.52. The van der Waals surface area contributed by atoms with Gasteiger partial charge in [0.2, 0.25) is 0 Å². The van der Waals surface area contributed by atoms with Gasteiger partial charge in [-0.2, -0.15) is 0 Å². The second-order valence-electron chi connectivity index (χ2n) is 9.38. The predicted molar refractivity (Wildman–Crippen MR) is 160 cm³/mol. The lowest BCUT2D eigenvalue weighted by atomic mass is 9.80. The van der Waals surface area contributed by atoms with Gasteiger partial charge in [-0.25, -0.2) is 0 Å². The molecule has 7 rings (SSSR count). The number of H-pyrrole nitrogens is 1. The van der Waals surface area contributed by atoms with E-state index >= 15 is 0 Å². The molecule has 0 saturated heterocycles. The minimum absolute atomic E-state index is 0. The first-order valence-corrected chi connectivity index (χ1v) is 12.7. The molecule has 1 aromatic heterocycles. The molecular weight excluding hydrogens is 446 g/mol. The average molecular weight is 474 g/mol. The molecule has 0 aliphatic carbocycles. The van der Waals surface area contributed by atoms with Crippen LogP contribution in [0.25, 0.3) is 66.3 Å². The lowest BCUT2D eigenvalue weighted by Gasteiger charge is -2.23. The molecule has 0 aliphatic rings. The molecule has 1 N–H and O–H groups in total. The molecule has 37 heavy (non-hydrogen) atoms. The number of aromatic amines is 1. The Labute approximate surface area is 218 Å². The van der Waals surface area contributed by atoms with Gasteiger partial charge in [0.25, 0.3) is 0 Å². The summed E-state index contributed by atoms with van der Waals surface area (Å²) in [6.07, 6.45) is 0. The van der Waals surface area contributed by atoms with Crippen LogP contribution in [0.2, 0.25) is 0 Å². The number of hydrogen-bond acceptors (Lipinski definition) is 0. The van der Waals surface area contributed by atoms with Gasteiger partial charge in [0, 0.05) is 34.4 Å². The molecule has 0 unspecified atom stereocenters. The number of para-hydroxylation sites is 1. The van der Waals surface area contributed by atoms with E-state index in [1.54, 1.807) is 0 Å². The molecule has 0 fully saturated rings. The maximum atomic E-state index is 3.84. The zero-order valence-corrected chi connectivity index (χ0v) is 20.4. The molecule has 0 saturated carbocycles. The van der Waals surface area contributed by atoms with Crippen LogP contribution in [0.4, 0.5) is 0 Å². The normalized spacial score (nSPS) is 11.2. The lowest BCUT2D eigenvalue weighted by molar-refractivity contribution is 1.52. The number of aromatic nitrogens is 1. The summed E-state index contributed by atoms with van der Waals surface area (Å²) < 4.78 is 0. The van der Waals surface area contributed by atoms with Crippen molar-refractivity contribution in [3.05, 3.63) is 146 Å². The first-order valence-electron chi connectivity index (χ1n) is 12.7. The van der Waals surface area contributed by atoms with Crippen LogP contribution >= 0.6 is 0 Å². The third-order valence-electron chi connectivity index (χ3n) is 7.21. The maximum absolute atomic E-state index is 3.84. The van der Waals surface area contributed by atoms with Crippen LogP contribution in [-0.4, -0.2) is 4.98 Å². The number of fused-ring (bicyclic) bond motifs is 3. The summed E-state index contributed by atoms with van der Waals surface area (Å²) in [5.41, 5.74) is 12.2. The quantitative estimate of drug-likeness (QED) is 0.262. The summed E-state index contributed by atoms with van der Waals surface area (Å²) in [6, 6.07) is 52.0. The van der Waals surface area contributed by atoms with Crippen molar-refractivity contribution in [2.24, 2.45) is 0 Å². The van der Waals surface area contributed by atoms with Crippen molar-refractivity contribution in [1.82, 2.24) is 4.98 Å². The Hall–Kier alpha value is -4.88. The fraction of sp³-hybridized carbons (Fsp3) is 0. The van der Waals surface area contributed by atoms with Crippen molar-refractivity contribution < 1.29 is 1.43 Å². The van der Waals surface area contributed by atoms with E-state index < -0.39 is 0 Å². The maximum Gasteiger partial charge on any atom is 0.0557 e. The SMILES string of the molecule is [HH].c1ccc(-c2c(-c3ccccc3)c(-c3ccccc3)c3c([nH]c4ccccc43)c2-c2ccccc2)cc1. The minimum atomic E-state index is 0. The van der Waals surface area contributed by atoms with Crippen LogP contribution in [0.5, 0.6) is 0 Å². The Morgan fingerprint density at radius 3 is 1.24 bits per heavy atom. The van der Waals surface area contributed by atoms with Crippen molar-refractivity contribution in [3.8, 4) is 44.5 Å². The van der Waals surface area contributed by atoms with Crippen LogP contribution in [0.3, 0.4) is 0 Å². The van der Waals surface area contributed by atoms with Crippen molar-refractivity contribution in [2.45, 2.75) is 0 Å². The Morgan fingerprint density at radius 2 is 0.730 bits per heavy atom. The highest BCUT2D eigenvalue weighted by molar-refractivity contribution is 6.25. The van der Waals surface area contributed by atoms with E-state index in [0.717, 1.165) is 5.52 Å². The summed E-state index contributed by atoms with van der Waals surface area (Å²) in [7, 11) is 0. The Bertz CT molecular complexity index is 1840. The van der Waals surface area contributed by atoms with E-state index in [0.29, 0.717) is 0 Å². The molecule has 0 radical (unpaired) electrons. The first-order chi connectivity index (χ1) is 18.4. The molecule has 176 valence electrons. The van der Waals surface area contributed by atoms with Gasteiger partial charge in [-0.15, -0.1) is 0 Å². The highest BCUT2D eigenvalue weighted by atomic mass is 14.7. The van der Waals surface area contributed by atoms with Crippen LogP contribution < -0.4 is 0 Å². The van der Waals surface area contributed by atoms with Gasteiger partial charge in [0.15, 0.2) is 0 Å². The van der Waals surface area contributed by atoms with E-state index in [1.807, 2.05) is 0 Å². The largest absolute Gasteiger partial charge is 0.354 e. The summed E-state index contributed by atoms with van der Waals surface area (Å²) in [6.45, 7) is 0. The number of hydrogen-bond donors (Lipinski definition) is 1. The smallest absolute Gasteiger partial charge is 0.0557 e. The van der Waals surface area contributed by atoms with E-state index in [2.05, 4.69) is 151 Å². The van der Waals surface area contributed by atoms with Gasteiger partial charge >= 0.3 is 0 Å². The monoisotopic (exact) mass is 473 g/mol. The average Bonchev–Trinajstić information content (AvgIpc) is 3.37. The van der Waals surface area contributed by atoms with Crippen molar-refractivity contribution in [3.63, 3.8) is 0 Å². The topological polar surface area (TPSA) is 15.8 Å². The van der Waals surface area contributed by atoms with Gasteiger partial charge in [-0.3, -0.25) is 0 Å². The van der Waals surface area contributed by atoms with E-state index in [4.69, 9.17) is 0 Å². The van der Waals surface area contributed by atoms with E-state index in [-0.39, 0.29) is 1.43 Å². The Balaban J connectivity index is 0.00000264. The second kappa shape index (κ2) is 8.96. The fourth-order valence-corrected chi connectivity index (χ4v) is 5.66. The second-order valence-corrected chi connectivity index (χ2v) is 9.38. The first kappa shape index (κ1) is 21.4. The molecule has 7 aromatic rings. The number of rotatable bonds is 4. The molecule has 6 aromatic carbocycles. The molecular formula is C36H27N. The highest BCUT2D eigenvalue weighted by Gasteiger charge is 2.26. The Morgan fingerprint density at radius 1 is 0.351 bits per heavy atom. The molecule has 0 atom stereocenters. The molecule has 1 heteroatoms. The summed E-state index contributed by atoms with van der Waals surface area (Å²) in [5.74, 6) is 0. The van der Waals surface area contributed by atoms with Gasteiger partial charge in [0.1, 0.15) is 0 Å². The van der Waals surface area contributed by atoms with Crippen molar-refractivity contribution in [2.75, 3.05) is 0 Å². The van der Waals surface area contributed by atoms with E-state index in [9.17, 15) is 0 Å². The standard InChI is InChI=1S/C36H25N.H2/c1-5-15-25(16-6-1)31-32(26-17-7-2-8-18-26)34(28-21-11-4-12-22-28)36-35(29-23-13-14-24-30(29)37-36)33(31)27-19-9-3-10-20-27;/h1-24,37H;1H. The third-order valence-corrected chi connectivity index (χ3v) is 7.21. The Kier molecular flexibility index (Phi) is 5.19. The molecule has 0 bridgehead atoms. The zero-order chi connectivity index (χ0) is 24.6. The number of nitrogens with one attached hydrogen (secondary N) is 1. The molecule has 0 amide bonds. The zero-order valence-electron chi connectivity index (χ0n) is 20.4. The van der Waals surface area contributed by atoms with Gasteiger partial charge in [-0.1, -0.05) is 140 Å². The molecule has 1 nitrogen and oxygen atoms in total. The van der Waals surface area contributed by atoms with Crippen molar-refractivity contribution in [1.29, 1.82) is 0 Å². The van der Waals surface area contributed by atoms with E-state index in [1.165, 1.54) is 60.8 Å². The summed E-state index contributed by atoms with van der Waals surface area (Å²) in [4.78, 5) is 3.84. The van der Waals surface area contributed by atoms with Crippen LogP contribution in [0.1, 0.15) is 1.43 Å². The van der Waals surface area contributed by atoms with Crippen LogP contribution in [0.15, 0.2) is 146 Å². The summed E-state index contributed by atoms with van der Waals surface area (Å²) in [5, 5.41) is 2.50. The fourth-order valence-electron chi connectivity index (χ4n) is 5.66. The molecule has 1 heterocycles. The third kappa shape index (κ3) is 3.56. The van der Waals surface area contributed by atoms with Crippen LogP contribution in [-0.2, 0) is 0 Å². The summed E-state index contributed by atoms with van der Waals surface area (Å²) >= 11 is 0. The van der Waals surface area contributed by atoms with Gasteiger partial charge < -0.3 is 4.98 Å². The van der Waals surface area contributed by atoms with Gasteiger partial charge in [0.05, 0.1) is 5.52 Å².